The van der Waals surface area contributed by atoms with E-state index >= 15 is 0 Å². The minimum Gasteiger partial charge on any atom is -0.466 e. The molecular weight excluding hydrogens is 284 g/mol. The Balaban J connectivity index is 1.74. The van der Waals surface area contributed by atoms with Crippen molar-refractivity contribution in [3.05, 3.63) is 53.6 Å². The van der Waals surface area contributed by atoms with Crippen LogP contribution in [0.5, 0.6) is 0 Å². The highest BCUT2D eigenvalue weighted by atomic mass is 16.5. The lowest BCUT2D eigenvalue weighted by Crippen LogP contribution is -2.38. The first-order chi connectivity index (χ1) is 11.3. The fourth-order valence-electron chi connectivity index (χ4n) is 5.53. The third kappa shape index (κ3) is 1.67. The molecule has 2 aromatic rings. The van der Waals surface area contributed by atoms with Gasteiger partial charge in [0.05, 0.1) is 7.11 Å². The number of benzene rings is 2. The molecule has 2 nitrogen and oxygen atoms in total. The SMILES string of the molecule is COC(=O)C1=C(c2cccc3ccccc23)[C@@H]2[C@H]3CC[C@H](C3)[C@H]12. The van der Waals surface area contributed by atoms with Gasteiger partial charge in [0.25, 0.3) is 0 Å². The lowest BCUT2D eigenvalue weighted by atomic mass is 9.59. The summed E-state index contributed by atoms with van der Waals surface area (Å²) in [5, 5.41) is 2.50. The van der Waals surface area contributed by atoms with Crippen LogP contribution in [-0.4, -0.2) is 13.1 Å². The maximum Gasteiger partial charge on any atom is 0.334 e. The van der Waals surface area contributed by atoms with Gasteiger partial charge in [-0.25, -0.2) is 4.79 Å². The number of rotatable bonds is 2. The van der Waals surface area contributed by atoms with Crippen molar-refractivity contribution in [2.45, 2.75) is 19.3 Å². The summed E-state index contributed by atoms with van der Waals surface area (Å²) in [5.41, 5.74) is 3.50. The Bertz CT molecular complexity index is 843. The lowest BCUT2D eigenvalue weighted by Gasteiger charge is -2.44. The summed E-state index contributed by atoms with van der Waals surface area (Å²) in [6.07, 6.45) is 3.91. The van der Waals surface area contributed by atoms with Crippen LogP contribution in [-0.2, 0) is 9.53 Å². The van der Waals surface area contributed by atoms with Gasteiger partial charge in [-0.3, -0.25) is 0 Å². The van der Waals surface area contributed by atoms with Crippen LogP contribution < -0.4 is 0 Å². The number of fused-ring (bicyclic) bond motifs is 6. The molecule has 5 rings (SSSR count). The molecule has 2 aromatic carbocycles. The van der Waals surface area contributed by atoms with Crippen LogP contribution in [0.4, 0.5) is 0 Å². The second-order valence-electron chi connectivity index (χ2n) is 7.23. The molecule has 3 aliphatic carbocycles. The number of hydrogen-bond donors (Lipinski definition) is 0. The van der Waals surface area contributed by atoms with Gasteiger partial charge in [0.1, 0.15) is 0 Å². The molecule has 2 saturated carbocycles. The quantitative estimate of drug-likeness (QED) is 0.767. The second kappa shape index (κ2) is 4.70. The van der Waals surface area contributed by atoms with Gasteiger partial charge in [0, 0.05) is 11.5 Å². The van der Waals surface area contributed by atoms with Gasteiger partial charge in [-0.15, -0.1) is 0 Å². The highest BCUT2D eigenvalue weighted by molar-refractivity contribution is 6.07. The van der Waals surface area contributed by atoms with E-state index in [9.17, 15) is 4.79 Å². The fourth-order valence-corrected chi connectivity index (χ4v) is 5.53. The molecule has 3 aliphatic rings. The number of ether oxygens (including phenoxy) is 1. The largest absolute Gasteiger partial charge is 0.466 e. The van der Waals surface area contributed by atoms with Gasteiger partial charge in [0.2, 0.25) is 0 Å². The van der Waals surface area contributed by atoms with Crippen LogP contribution in [0.1, 0.15) is 24.8 Å². The number of esters is 1. The first-order valence-electron chi connectivity index (χ1n) is 8.60. The Labute approximate surface area is 136 Å². The molecule has 2 bridgehead atoms. The Morgan fingerprint density at radius 3 is 2.57 bits per heavy atom. The molecule has 4 atom stereocenters. The van der Waals surface area contributed by atoms with E-state index in [0.29, 0.717) is 17.8 Å². The fraction of sp³-hybridized carbons (Fsp3) is 0.381. The highest BCUT2D eigenvalue weighted by Crippen LogP contribution is 2.66. The smallest absolute Gasteiger partial charge is 0.334 e. The molecule has 0 amide bonds. The van der Waals surface area contributed by atoms with Gasteiger partial charge >= 0.3 is 5.97 Å². The van der Waals surface area contributed by atoms with Gasteiger partial charge in [-0.1, -0.05) is 42.5 Å². The van der Waals surface area contributed by atoms with Crippen molar-refractivity contribution in [3.63, 3.8) is 0 Å². The Morgan fingerprint density at radius 1 is 1.00 bits per heavy atom. The van der Waals surface area contributed by atoms with E-state index in [1.165, 1.54) is 48.3 Å². The zero-order valence-corrected chi connectivity index (χ0v) is 13.3. The zero-order chi connectivity index (χ0) is 15.6. The number of carbonyl (C=O) groups is 1. The molecule has 116 valence electrons. The topological polar surface area (TPSA) is 26.3 Å². The standard InChI is InChI=1S/C21H20O2/c1-23-21(22)20-18-14-10-9-13(11-14)17(18)19(20)16-8-4-6-12-5-2-3-7-15(12)16/h2-8,13-14,17-18H,9-11H2,1H3/t13-,14+,17+,18-/m0/s1. The van der Waals surface area contributed by atoms with E-state index < -0.39 is 0 Å². The van der Waals surface area contributed by atoms with Gasteiger partial charge in [0.15, 0.2) is 0 Å². The molecule has 0 aromatic heterocycles. The van der Waals surface area contributed by atoms with Crippen molar-refractivity contribution in [1.82, 2.24) is 0 Å². The summed E-state index contributed by atoms with van der Waals surface area (Å²) in [5.74, 6) is 2.40. The van der Waals surface area contributed by atoms with Crippen LogP contribution >= 0.6 is 0 Å². The molecule has 0 aliphatic heterocycles. The molecule has 0 unspecified atom stereocenters. The third-order valence-electron chi connectivity index (χ3n) is 6.36. The minimum atomic E-state index is -0.110. The van der Waals surface area contributed by atoms with Crippen LogP contribution in [0.3, 0.4) is 0 Å². The molecule has 2 fully saturated rings. The van der Waals surface area contributed by atoms with E-state index in [0.717, 1.165) is 11.5 Å². The summed E-state index contributed by atoms with van der Waals surface area (Å²) >= 11 is 0. The Hall–Kier alpha value is -2.09. The monoisotopic (exact) mass is 304 g/mol. The van der Waals surface area contributed by atoms with Crippen molar-refractivity contribution >= 4 is 22.3 Å². The molecule has 0 spiro atoms. The van der Waals surface area contributed by atoms with E-state index in [1.807, 2.05) is 0 Å². The molecule has 0 radical (unpaired) electrons. The molecule has 0 saturated heterocycles. The van der Waals surface area contributed by atoms with Gasteiger partial charge in [-0.2, -0.15) is 0 Å². The maximum atomic E-state index is 12.5. The van der Waals surface area contributed by atoms with Crippen molar-refractivity contribution < 1.29 is 9.53 Å². The minimum absolute atomic E-state index is 0.110. The summed E-state index contributed by atoms with van der Waals surface area (Å²) in [6, 6.07) is 14.9. The average molecular weight is 304 g/mol. The van der Waals surface area contributed by atoms with E-state index in [1.54, 1.807) is 0 Å². The van der Waals surface area contributed by atoms with Crippen molar-refractivity contribution in [2.75, 3.05) is 7.11 Å². The Morgan fingerprint density at radius 2 is 1.74 bits per heavy atom. The van der Waals surface area contributed by atoms with Crippen LogP contribution in [0.25, 0.3) is 16.3 Å². The van der Waals surface area contributed by atoms with Crippen molar-refractivity contribution in [3.8, 4) is 0 Å². The first kappa shape index (κ1) is 13.4. The number of hydrogen-bond acceptors (Lipinski definition) is 2. The van der Waals surface area contributed by atoms with Crippen LogP contribution in [0.15, 0.2) is 48.0 Å². The van der Waals surface area contributed by atoms with E-state index in [-0.39, 0.29) is 5.97 Å². The normalized spacial score (nSPS) is 31.2. The molecular formula is C21H20O2. The average Bonchev–Trinajstić information content (AvgIpc) is 3.13. The van der Waals surface area contributed by atoms with Crippen molar-refractivity contribution in [2.24, 2.45) is 23.7 Å². The highest BCUT2D eigenvalue weighted by Gasteiger charge is 2.59. The number of allylic oxidation sites excluding steroid dienone is 1. The summed E-state index contributed by atoms with van der Waals surface area (Å²) in [6.45, 7) is 0. The predicted octanol–water partition coefficient (Wildman–Crippen LogP) is 4.44. The van der Waals surface area contributed by atoms with E-state index in [2.05, 4.69) is 42.5 Å². The third-order valence-corrected chi connectivity index (χ3v) is 6.36. The van der Waals surface area contributed by atoms with E-state index in [4.69, 9.17) is 4.74 Å². The van der Waals surface area contributed by atoms with Crippen LogP contribution in [0, 0.1) is 23.7 Å². The number of carbonyl (C=O) groups excluding carboxylic acids is 1. The maximum absolute atomic E-state index is 12.5. The zero-order valence-electron chi connectivity index (χ0n) is 13.3. The van der Waals surface area contributed by atoms with Gasteiger partial charge in [-0.05, 0) is 58.9 Å². The summed E-state index contributed by atoms with van der Waals surface area (Å²) in [4.78, 5) is 12.5. The molecule has 23 heavy (non-hydrogen) atoms. The lowest BCUT2D eigenvalue weighted by molar-refractivity contribution is -0.137. The summed E-state index contributed by atoms with van der Waals surface area (Å²) < 4.78 is 5.14. The molecule has 0 N–H and O–H groups in total. The predicted molar refractivity (Wildman–Crippen MR) is 90.7 cm³/mol. The van der Waals surface area contributed by atoms with Gasteiger partial charge < -0.3 is 4.74 Å². The van der Waals surface area contributed by atoms with Crippen molar-refractivity contribution in [1.29, 1.82) is 0 Å². The number of methoxy groups -OCH3 is 1. The van der Waals surface area contributed by atoms with Crippen LogP contribution in [0.2, 0.25) is 0 Å². The Kier molecular flexibility index (Phi) is 2.73. The second-order valence-corrected chi connectivity index (χ2v) is 7.23. The molecule has 0 heterocycles. The molecule has 2 heteroatoms. The first-order valence-corrected chi connectivity index (χ1v) is 8.60. The summed E-state index contributed by atoms with van der Waals surface area (Å²) in [7, 11) is 1.51.